The summed E-state index contributed by atoms with van der Waals surface area (Å²) in [7, 11) is -3.08. The summed E-state index contributed by atoms with van der Waals surface area (Å²) in [6, 6.07) is 48.3. The molecular weight excluding hydrogens is 591 g/mol. The standard InChI is InChI=1S/C40H38O5P/c1-3-44-39(43)40(2,36(41)29-30-37(42)45-38(31-19-9-4-10-20-31)32-21-11-5-12-22-32)46(33-23-13-6-14-24-33,34-25-15-7-16-26-34)35-27-17-8-18-28-35/h4-28,38H,3,29-30H2,1-2H3/q+1. The van der Waals surface area contributed by atoms with Gasteiger partial charge in [-0.25, -0.2) is 4.79 Å². The van der Waals surface area contributed by atoms with Gasteiger partial charge in [-0.1, -0.05) is 115 Å². The van der Waals surface area contributed by atoms with Gasteiger partial charge >= 0.3 is 11.9 Å². The van der Waals surface area contributed by atoms with Gasteiger partial charge in [-0.3, -0.25) is 9.59 Å². The molecule has 0 radical (unpaired) electrons. The maximum absolute atomic E-state index is 14.8. The molecule has 46 heavy (non-hydrogen) atoms. The van der Waals surface area contributed by atoms with Gasteiger partial charge in [-0.05, 0) is 61.4 Å². The number of carbonyl (C=O) groups excluding carboxylic acids is 3. The van der Waals surface area contributed by atoms with E-state index in [-0.39, 0.29) is 25.2 Å². The molecule has 5 rings (SSSR count). The van der Waals surface area contributed by atoms with E-state index in [1.165, 1.54) is 0 Å². The normalized spacial score (nSPS) is 12.6. The molecule has 0 saturated carbocycles. The lowest BCUT2D eigenvalue weighted by atomic mass is 10.00. The second-order valence-electron chi connectivity index (χ2n) is 11.1. The summed E-state index contributed by atoms with van der Waals surface area (Å²) in [4.78, 5) is 42.6. The third-order valence-electron chi connectivity index (χ3n) is 8.33. The van der Waals surface area contributed by atoms with E-state index in [4.69, 9.17) is 9.47 Å². The molecule has 0 aliphatic heterocycles. The number of hydrogen-bond donors (Lipinski definition) is 0. The molecule has 1 unspecified atom stereocenters. The fourth-order valence-electron chi connectivity index (χ4n) is 6.12. The number of rotatable bonds is 13. The van der Waals surface area contributed by atoms with E-state index in [1.807, 2.05) is 152 Å². The van der Waals surface area contributed by atoms with Gasteiger partial charge in [0.1, 0.15) is 23.2 Å². The summed E-state index contributed by atoms with van der Waals surface area (Å²) in [5, 5.41) is 0.956. The van der Waals surface area contributed by atoms with Crippen LogP contribution in [-0.2, 0) is 23.9 Å². The second-order valence-corrected chi connectivity index (χ2v) is 14.9. The van der Waals surface area contributed by atoms with Crippen molar-refractivity contribution in [3.8, 4) is 0 Å². The molecule has 0 saturated heterocycles. The first-order chi connectivity index (χ1) is 22.4. The van der Waals surface area contributed by atoms with Crippen LogP contribution in [0.3, 0.4) is 0 Å². The van der Waals surface area contributed by atoms with Crippen molar-refractivity contribution < 1.29 is 23.9 Å². The Kier molecular flexibility index (Phi) is 10.6. The molecule has 1 atom stereocenters. The van der Waals surface area contributed by atoms with Crippen molar-refractivity contribution in [2.75, 3.05) is 6.61 Å². The van der Waals surface area contributed by atoms with Crippen molar-refractivity contribution in [1.82, 2.24) is 0 Å². The van der Waals surface area contributed by atoms with E-state index in [1.54, 1.807) is 13.8 Å². The molecular formula is C40H38O5P+. The Hall–Kier alpha value is -4.86. The Balaban J connectivity index is 1.57. The summed E-state index contributed by atoms with van der Waals surface area (Å²) in [5.41, 5.74) is 1.65. The van der Waals surface area contributed by atoms with Gasteiger partial charge in [-0.2, -0.15) is 0 Å². The largest absolute Gasteiger partial charge is 0.462 e. The highest BCUT2D eigenvalue weighted by Crippen LogP contribution is 2.66. The van der Waals surface area contributed by atoms with Crippen molar-refractivity contribution in [1.29, 1.82) is 0 Å². The molecule has 6 heteroatoms. The van der Waals surface area contributed by atoms with Crippen LogP contribution in [0.15, 0.2) is 152 Å². The lowest BCUT2D eigenvalue weighted by molar-refractivity contribution is -0.152. The maximum Gasteiger partial charge on any atom is 0.358 e. The van der Waals surface area contributed by atoms with Crippen LogP contribution in [0.2, 0.25) is 0 Å². The molecule has 232 valence electrons. The van der Waals surface area contributed by atoms with Crippen LogP contribution in [0.1, 0.15) is 43.9 Å². The summed E-state index contributed by atoms with van der Waals surface area (Å²) in [6.07, 6.45) is -1.02. The number of Topliss-reactive ketones (excluding diaryl/α,β-unsaturated/α-hetero) is 1. The maximum atomic E-state index is 14.8. The third kappa shape index (κ3) is 6.42. The number of ether oxygens (including phenoxy) is 2. The second kappa shape index (κ2) is 14.9. The van der Waals surface area contributed by atoms with Gasteiger partial charge in [0.2, 0.25) is 5.16 Å². The van der Waals surface area contributed by atoms with E-state index in [2.05, 4.69) is 0 Å². The highest BCUT2D eigenvalue weighted by atomic mass is 31.2. The number of esters is 2. The van der Waals surface area contributed by atoms with E-state index < -0.39 is 30.5 Å². The smallest absolute Gasteiger partial charge is 0.358 e. The minimum absolute atomic E-state index is 0.109. The van der Waals surface area contributed by atoms with Crippen LogP contribution in [0.5, 0.6) is 0 Å². The SMILES string of the molecule is CCOC(=O)C(C)(C(=O)CCC(=O)OC(c1ccccc1)c1ccccc1)[P+](c1ccccc1)(c1ccccc1)c1ccccc1. The number of ketones is 1. The number of hydrogen-bond acceptors (Lipinski definition) is 5. The topological polar surface area (TPSA) is 69.7 Å². The van der Waals surface area contributed by atoms with Crippen LogP contribution < -0.4 is 15.9 Å². The molecule has 0 aliphatic carbocycles. The summed E-state index contributed by atoms with van der Waals surface area (Å²) in [5.74, 6) is -1.51. The van der Waals surface area contributed by atoms with E-state index in [0.717, 1.165) is 27.0 Å². The van der Waals surface area contributed by atoms with Crippen molar-refractivity contribution in [2.24, 2.45) is 0 Å². The van der Waals surface area contributed by atoms with Crippen molar-refractivity contribution in [3.63, 3.8) is 0 Å². The molecule has 5 aromatic rings. The van der Waals surface area contributed by atoms with Gasteiger partial charge in [0.15, 0.2) is 11.9 Å². The molecule has 0 aromatic heterocycles. The first-order valence-corrected chi connectivity index (χ1v) is 17.3. The van der Waals surface area contributed by atoms with E-state index >= 15 is 0 Å². The Bertz CT molecular complexity index is 1590. The van der Waals surface area contributed by atoms with Gasteiger partial charge in [-0.15, -0.1) is 0 Å². The zero-order chi connectivity index (χ0) is 32.4. The van der Waals surface area contributed by atoms with E-state index in [0.29, 0.717) is 0 Å². The van der Waals surface area contributed by atoms with Gasteiger partial charge in [0.05, 0.1) is 13.0 Å². The average molecular weight is 630 g/mol. The van der Waals surface area contributed by atoms with Gasteiger partial charge in [0.25, 0.3) is 0 Å². The fraction of sp³-hybridized carbons (Fsp3) is 0.175. The summed E-state index contributed by atoms with van der Waals surface area (Å²) in [6.45, 7) is 3.55. The number of benzene rings is 5. The fourth-order valence-corrected chi connectivity index (χ4v) is 11.2. The van der Waals surface area contributed by atoms with Gasteiger partial charge < -0.3 is 9.47 Å². The van der Waals surface area contributed by atoms with Crippen LogP contribution >= 0.6 is 7.26 Å². The summed E-state index contributed by atoms with van der Waals surface area (Å²) >= 11 is 0. The Morgan fingerprint density at radius 3 is 1.33 bits per heavy atom. The van der Waals surface area contributed by atoms with Crippen molar-refractivity contribution in [2.45, 2.75) is 37.9 Å². The van der Waals surface area contributed by atoms with Crippen LogP contribution in [0.4, 0.5) is 0 Å². The summed E-state index contributed by atoms with van der Waals surface area (Å²) < 4.78 is 11.8. The Morgan fingerprint density at radius 2 is 0.957 bits per heavy atom. The van der Waals surface area contributed by atoms with E-state index in [9.17, 15) is 14.4 Å². The zero-order valence-electron chi connectivity index (χ0n) is 26.1. The number of carbonyl (C=O) groups is 3. The molecule has 0 spiro atoms. The van der Waals surface area contributed by atoms with Crippen LogP contribution in [-0.4, -0.2) is 29.5 Å². The molecule has 0 amide bonds. The molecule has 0 heterocycles. The third-order valence-corrected chi connectivity index (χ3v) is 13.3. The molecule has 0 aliphatic rings. The minimum Gasteiger partial charge on any atom is -0.462 e. The average Bonchev–Trinajstić information content (AvgIpc) is 3.12. The quantitative estimate of drug-likeness (QED) is 0.0799. The Morgan fingerprint density at radius 1 is 0.587 bits per heavy atom. The monoisotopic (exact) mass is 629 g/mol. The lowest BCUT2D eigenvalue weighted by Crippen LogP contribution is -2.56. The Labute approximate surface area is 271 Å². The van der Waals surface area contributed by atoms with Crippen molar-refractivity contribution in [3.05, 3.63) is 163 Å². The first-order valence-electron chi connectivity index (χ1n) is 15.5. The van der Waals surface area contributed by atoms with Crippen LogP contribution in [0.25, 0.3) is 0 Å². The molecule has 0 fully saturated rings. The molecule has 0 bridgehead atoms. The molecule has 5 aromatic carbocycles. The highest BCUT2D eigenvalue weighted by molar-refractivity contribution is 7.98. The predicted molar refractivity (Wildman–Crippen MR) is 185 cm³/mol. The van der Waals surface area contributed by atoms with Crippen molar-refractivity contribution >= 4 is 40.9 Å². The minimum atomic E-state index is -3.08. The van der Waals surface area contributed by atoms with Crippen LogP contribution in [0, 0.1) is 0 Å². The first kappa shape index (κ1) is 32.5. The molecule has 5 nitrogen and oxygen atoms in total. The van der Waals surface area contributed by atoms with Gasteiger partial charge in [0, 0.05) is 6.42 Å². The molecule has 0 N–H and O–H groups in total. The predicted octanol–water partition coefficient (Wildman–Crippen LogP) is 6.98. The highest BCUT2D eigenvalue weighted by Gasteiger charge is 2.69. The zero-order valence-corrected chi connectivity index (χ0v) is 27.0. The lowest BCUT2D eigenvalue weighted by Gasteiger charge is -2.39.